The smallest absolute Gasteiger partial charge is 0.335 e. The number of fused-ring (bicyclic) bond motifs is 2. The third-order valence-corrected chi connectivity index (χ3v) is 5.51. The van der Waals surface area contributed by atoms with E-state index in [0.717, 1.165) is 6.07 Å². The number of carbonyl (C=O) groups excluding carboxylic acids is 1. The Hall–Kier alpha value is -2.67. The number of aromatic carboxylic acids is 1. The van der Waals surface area contributed by atoms with Gasteiger partial charge in [-0.3, -0.25) is 4.79 Å². The summed E-state index contributed by atoms with van der Waals surface area (Å²) >= 11 is 5.70. The summed E-state index contributed by atoms with van der Waals surface area (Å²) in [6, 6.07) is 5.81. The number of rotatable bonds is 3. The molecule has 2 aliphatic rings. The average molecular weight is 391 g/mol. The molecule has 140 valence electrons. The van der Waals surface area contributed by atoms with Gasteiger partial charge in [-0.05, 0) is 55.5 Å². The number of pyridine rings is 1. The third-order valence-electron chi connectivity index (χ3n) is 5.30. The van der Waals surface area contributed by atoms with E-state index in [9.17, 15) is 19.1 Å². The summed E-state index contributed by atoms with van der Waals surface area (Å²) in [7, 11) is 0. The molecule has 1 aliphatic carbocycles. The first kappa shape index (κ1) is 17.7. The van der Waals surface area contributed by atoms with E-state index in [4.69, 9.17) is 16.3 Å². The number of amides is 1. The van der Waals surface area contributed by atoms with Gasteiger partial charge in [-0.15, -0.1) is 0 Å². The van der Waals surface area contributed by atoms with Crippen LogP contribution in [0.4, 0.5) is 10.1 Å². The van der Waals surface area contributed by atoms with E-state index in [1.54, 1.807) is 12.1 Å². The fourth-order valence-corrected chi connectivity index (χ4v) is 4.04. The third kappa shape index (κ3) is 3.02. The summed E-state index contributed by atoms with van der Waals surface area (Å²) < 4.78 is 19.5. The number of halogens is 2. The highest BCUT2D eigenvalue weighted by molar-refractivity contribution is 6.30. The standard InChI is InChI=1S/C19H16ClFN2O4/c20-11-8-14(21)16(22-9-11)27-12-3-5-19(6-4-12)13-7-10(17(24)25)1-2-15(13)23-18(19)26/h1-2,7-9,12H,3-6H2,(H,23,26)(H,24,25)/t12-,19+. The van der Waals surface area contributed by atoms with E-state index in [2.05, 4.69) is 10.3 Å². The van der Waals surface area contributed by atoms with Gasteiger partial charge in [0.1, 0.15) is 6.10 Å². The molecule has 8 heteroatoms. The Balaban J connectivity index is 1.54. The molecule has 1 aromatic carbocycles. The van der Waals surface area contributed by atoms with Crippen molar-refractivity contribution in [3.8, 4) is 5.88 Å². The van der Waals surface area contributed by atoms with Gasteiger partial charge < -0.3 is 15.2 Å². The van der Waals surface area contributed by atoms with Crippen molar-refractivity contribution in [2.24, 2.45) is 0 Å². The van der Waals surface area contributed by atoms with Crippen molar-refractivity contribution in [1.29, 1.82) is 0 Å². The number of ether oxygens (including phenoxy) is 1. The van der Waals surface area contributed by atoms with Crippen LogP contribution in [0.25, 0.3) is 0 Å². The average Bonchev–Trinajstić information content (AvgIpc) is 2.90. The van der Waals surface area contributed by atoms with Gasteiger partial charge in [-0.1, -0.05) is 11.6 Å². The number of nitrogens with one attached hydrogen (secondary N) is 1. The molecule has 0 radical (unpaired) electrons. The van der Waals surface area contributed by atoms with E-state index in [1.807, 2.05) is 0 Å². The van der Waals surface area contributed by atoms with Crippen LogP contribution in [0.5, 0.6) is 5.88 Å². The Labute approximate surface area is 159 Å². The summed E-state index contributed by atoms with van der Waals surface area (Å²) in [5.41, 5.74) is 0.735. The fraction of sp³-hybridized carbons (Fsp3) is 0.316. The minimum Gasteiger partial charge on any atom is -0.478 e. The molecule has 1 spiro atoms. The van der Waals surface area contributed by atoms with Crippen LogP contribution in [0, 0.1) is 5.82 Å². The topological polar surface area (TPSA) is 88.5 Å². The van der Waals surface area contributed by atoms with Crippen LogP contribution in [0.3, 0.4) is 0 Å². The van der Waals surface area contributed by atoms with E-state index < -0.39 is 17.2 Å². The highest BCUT2D eigenvalue weighted by Crippen LogP contribution is 2.48. The summed E-state index contributed by atoms with van der Waals surface area (Å²) in [4.78, 5) is 27.8. The molecule has 27 heavy (non-hydrogen) atoms. The maximum absolute atomic E-state index is 13.9. The van der Waals surface area contributed by atoms with Gasteiger partial charge in [0.2, 0.25) is 5.91 Å². The van der Waals surface area contributed by atoms with Crippen molar-refractivity contribution in [3.05, 3.63) is 52.4 Å². The second kappa shape index (κ2) is 6.49. The number of carbonyl (C=O) groups is 2. The van der Waals surface area contributed by atoms with Crippen molar-refractivity contribution >= 4 is 29.2 Å². The normalized spacial score (nSPS) is 23.8. The lowest BCUT2D eigenvalue weighted by atomic mass is 9.69. The van der Waals surface area contributed by atoms with Crippen molar-refractivity contribution in [2.75, 3.05) is 5.32 Å². The predicted molar refractivity (Wildman–Crippen MR) is 95.8 cm³/mol. The maximum Gasteiger partial charge on any atom is 0.335 e. The zero-order chi connectivity index (χ0) is 19.2. The number of carboxylic acid groups (broad SMARTS) is 1. The zero-order valence-corrected chi connectivity index (χ0v) is 14.9. The van der Waals surface area contributed by atoms with Crippen LogP contribution >= 0.6 is 11.6 Å². The maximum atomic E-state index is 13.9. The van der Waals surface area contributed by atoms with Gasteiger partial charge in [0.05, 0.1) is 16.0 Å². The Morgan fingerprint density at radius 3 is 2.74 bits per heavy atom. The molecule has 0 atom stereocenters. The highest BCUT2D eigenvalue weighted by Gasteiger charge is 2.49. The highest BCUT2D eigenvalue weighted by atomic mass is 35.5. The van der Waals surface area contributed by atoms with Crippen LogP contribution < -0.4 is 10.1 Å². The molecule has 2 aromatic rings. The summed E-state index contributed by atoms with van der Waals surface area (Å²) in [5, 5.41) is 12.3. The van der Waals surface area contributed by atoms with Crippen LogP contribution in [0.2, 0.25) is 5.02 Å². The number of hydrogen-bond acceptors (Lipinski definition) is 4. The number of aromatic nitrogens is 1. The molecule has 4 rings (SSSR count). The number of benzene rings is 1. The molecule has 0 bridgehead atoms. The van der Waals surface area contributed by atoms with Gasteiger partial charge >= 0.3 is 5.97 Å². The monoisotopic (exact) mass is 390 g/mol. The Morgan fingerprint density at radius 2 is 2.07 bits per heavy atom. The van der Waals surface area contributed by atoms with Gasteiger partial charge in [0.15, 0.2) is 5.82 Å². The number of anilines is 1. The zero-order valence-electron chi connectivity index (χ0n) is 14.2. The van der Waals surface area contributed by atoms with Gasteiger partial charge in [-0.25, -0.2) is 14.2 Å². The first-order valence-corrected chi connectivity index (χ1v) is 8.94. The lowest BCUT2D eigenvalue weighted by molar-refractivity contribution is -0.122. The number of hydrogen-bond donors (Lipinski definition) is 2. The number of nitrogens with zero attached hydrogens (tertiary/aromatic N) is 1. The Morgan fingerprint density at radius 1 is 1.33 bits per heavy atom. The summed E-state index contributed by atoms with van der Waals surface area (Å²) in [5.74, 6) is -1.90. The van der Waals surface area contributed by atoms with Gasteiger partial charge in [0, 0.05) is 11.9 Å². The SMILES string of the molecule is O=C(O)c1ccc2c(c1)[C@]1(CC[C@H](Oc3ncc(Cl)cc3F)CC1)C(=O)N2. The van der Waals surface area contributed by atoms with Crippen LogP contribution in [-0.4, -0.2) is 28.1 Å². The molecule has 1 aromatic heterocycles. The molecule has 1 saturated carbocycles. The van der Waals surface area contributed by atoms with E-state index in [-0.39, 0.29) is 28.5 Å². The van der Waals surface area contributed by atoms with E-state index >= 15 is 0 Å². The van der Waals surface area contributed by atoms with Crippen molar-refractivity contribution in [3.63, 3.8) is 0 Å². The fourth-order valence-electron chi connectivity index (χ4n) is 3.89. The van der Waals surface area contributed by atoms with E-state index in [1.165, 1.54) is 12.3 Å². The van der Waals surface area contributed by atoms with Crippen molar-refractivity contribution in [2.45, 2.75) is 37.2 Å². The number of carboxylic acids is 1. The molecular weight excluding hydrogens is 375 g/mol. The molecule has 0 saturated heterocycles. The van der Waals surface area contributed by atoms with Gasteiger partial charge in [0.25, 0.3) is 5.88 Å². The van der Waals surface area contributed by atoms with Gasteiger partial charge in [-0.2, -0.15) is 0 Å². The second-order valence-electron chi connectivity index (χ2n) is 6.86. The molecule has 0 unspecified atom stereocenters. The molecule has 1 amide bonds. The molecule has 1 fully saturated rings. The molecule has 2 heterocycles. The van der Waals surface area contributed by atoms with Crippen molar-refractivity contribution in [1.82, 2.24) is 4.98 Å². The van der Waals surface area contributed by atoms with Crippen LogP contribution in [0.15, 0.2) is 30.5 Å². The Kier molecular flexibility index (Phi) is 4.26. The second-order valence-corrected chi connectivity index (χ2v) is 7.30. The molecule has 1 aliphatic heterocycles. The van der Waals surface area contributed by atoms with Crippen molar-refractivity contribution < 1.29 is 23.8 Å². The largest absolute Gasteiger partial charge is 0.478 e. The minimum absolute atomic E-state index is 0.107. The summed E-state index contributed by atoms with van der Waals surface area (Å²) in [6.07, 6.45) is 3.04. The molecular formula is C19H16ClFN2O4. The van der Waals surface area contributed by atoms with Crippen LogP contribution in [0.1, 0.15) is 41.6 Å². The lowest BCUT2D eigenvalue weighted by Crippen LogP contribution is -2.41. The predicted octanol–water partition coefficient (Wildman–Crippen LogP) is 3.78. The first-order valence-electron chi connectivity index (χ1n) is 8.56. The lowest BCUT2D eigenvalue weighted by Gasteiger charge is -2.35. The van der Waals surface area contributed by atoms with E-state index in [0.29, 0.717) is 36.9 Å². The first-order chi connectivity index (χ1) is 12.9. The van der Waals surface area contributed by atoms with Crippen LogP contribution in [-0.2, 0) is 10.2 Å². The summed E-state index contributed by atoms with van der Waals surface area (Å²) in [6.45, 7) is 0. The minimum atomic E-state index is -1.03. The molecule has 2 N–H and O–H groups in total. The quantitative estimate of drug-likeness (QED) is 0.832. The Bertz CT molecular complexity index is 941. The molecule has 6 nitrogen and oxygen atoms in total.